The van der Waals surface area contributed by atoms with Gasteiger partial charge in [-0.05, 0) is 23.6 Å². The average Bonchev–Trinajstić information content (AvgIpc) is 3.44. The fraction of sp³-hybridized carbons (Fsp3) is 0. The van der Waals surface area contributed by atoms with Crippen LogP contribution in [0.3, 0.4) is 0 Å². The third-order valence-corrected chi connectivity index (χ3v) is 7.24. The summed E-state index contributed by atoms with van der Waals surface area (Å²) in [6.45, 7) is 0. The van der Waals surface area contributed by atoms with Gasteiger partial charge in [0.1, 0.15) is 11.3 Å². The van der Waals surface area contributed by atoms with E-state index in [1.165, 1.54) is 0 Å². The van der Waals surface area contributed by atoms with Gasteiger partial charge in [0.15, 0.2) is 23.1 Å². The zero-order chi connectivity index (χ0) is 27.2. The Kier molecular flexibility index (Phi) is 5.35. The van der Waals surface area contributed by atoms with Gasteiger partial charge in [-0.25, -0.2) is 15.0 Å². The smallest absolute Gasteiger partial charge is 0.164 e. The van der Waals surface area contributed by atoms with Gasteiger partial charge in [-0.1, -0.05) is 97.1 Å². The van der Waals surface area contributed by atoms with Crippen LogP contribution in [0.4, 0.5) is 0 Å². The highest BCUT2D eigenvalue weighted by Gasteiger charge is 2.17. The first-order valence-corrected chi connectivity index (χ1v) is 13.3. The van der Waals surface area contributed by atoms with E-state index in [0.717, 1.165) is 55.1 Å². The Balaban J connectivity index is 1.30. The van der Waals surface area contributed by atoms with E-state index in [1.54, 1.807) is 0 Å². The van der Waals surface area contributed by atoms with E-state index in [2.05, 4.69) is 17.1 Å². The first-order chi connectivity index (χ1) is 20.3. The standard InChI is InChI=1S/C35H21N5O/c1-3-10-22(11-4-1)33-38-34(23-12-5-2-6-13-23)40-35(39-33)27-16-9-14-24-20-29(37-21-28(24)27)31-32-26(18-19-36-31)25-15-7-8-17-30(25)41-32/h1-21H. The van der Waals surface area contributed by atoms with Gasteiger partial charge in [0.05, 0.1) is 5.69 Å². The summed E-state index contributed by atoms with van der Waals surface area (Å²) in [7, 11) is 0. The molecule has 6 nitrogen and oxygen atoms in total. The van der Waals surface area contributed by atoms with Crippen LogP contribution in [0.5, 0.6) is 0 Å². The van der Waals surface area contributed by atoms with E-state index in [-0.39, 0.29) is 0 Å². The molecule has 0 saturated carbocycles. The normalized spacial score (nSPS) is 11.4. The van der Waals surface area contributed by atoms with Crippen LogP contribution < -0.4 is 0 Å². The summed E-state index contributed by atoms with van der Waals surface area (Å²) in [6.07, 6.45) is 3.68. The topological polar surface area (TPSA) is 77.6 Å². The van der Waals surface area contributed by atoms with Crippen LogP contribution in [0, 0.1) is 0 Å². The summed E-state index contributed by atoms with van der Waals surface area (Å²) >= 11 is 0. The van der Waals surface area contributed by atoms with Crippen LogP contribution in [-0.4, -0.2) is 24.9 Å². The molecule has 0 bridgehead atoms. The number of fused-ring (bicyclic) bond motifs is 4. The highest BCUT2D eigenvalue weighted by molar-refractivity contribution is 6.08. The second-order valence-corrected chi connectivity index (χ2v) is 9.77. The van der Waals surface area contributed by atoms with Crippen molar-refractivity contribution in [1.29, 1.82) is 0 Å². The molecule has 8 rings (SSSR count). The van der Waals surface area contributed by atoms with E-state index in [1.807, 2.05) is 116 Å². The molecular formula is C35H21N5O. The molecule has 0 N–H and O–H groups in total. The molecule has 0 fully saturated rings. The molecule has 4 aromatic carbocycles. The maximum atomic E-state index is 6.22. The Labute approximate surface area is 235 Å². The lowest BCUT2D eigenvalue weighted by Crippen LogP contribution is -2.00. The number of nitrogens with zero attached hydrogens (tertiary/aromatic N) is 5. The molecule has 4 heterocycles. The minimum Gasteiger partial charge on any atom is -0.454 e. The number of para-hydroxylation sites is 1. The maximum Gasteiger partial charge on any atom is 0.164 e. The highest BCUT2D eigenvalue weighted by atomic mass is 16.3. The van der Waals surface area contributed by atoms with Gasteiger partial charge >= 0.3 is 0 Å². The Hall–Kier alpha value is -5.75. The zero-order valence-corrected chi connectivity index (χ0v) is 21.8. The Bertz CT molecular complexity index is 2150. The first kappa shape index (κ1) is 23.2. The Morgan fingerprint density at radius 3 is 1.95 bits per heavy atom. The predicted octanol–water partition coefficient (Wildman–Crippen LogP) is 8.38. The number of aromatic nitrogens is 5. The number of rotatable bonds is 4. The molecular weight excluding hydrogens is 506 g/mol. The fourth-order valence-electron chi connectivity index (χ4n) is 5.26. The van der Waals surface area contributed by atoms with Crippen molar-refractivity contribution in [2.45, 2.75) is 0 Å². The van der Waals surface area contributed by atoms with E-state index < -0.39 is 0 Å². The monoisotopic (exact) mass is 527 g/mol. The summed E-state index contributed by atoms with van der Waals surface area (Å²) in [5, 5.41) is 4.03. The lowest BCUT2D eigenvalue weighted by Gasteiger charge is -2.11. The van der Waals surface area contributed by atoms with Crippen LogP contribution in [-0.2, 0) is 0 Å². The summed E-state index contributed by atoms with van der Waals surface area (Å²) < 4.78 is 6.22. The minimum atomic E-state index is 0.593. The number of hydrogen-bond donors (Lipinski definition) is 0. The molecule has 4 aromatic heterocycles. The molecule has 0 aliphatic heterocycles. The lowest BCUT2D eigenvalue weighted by atomic mass is 10.0. The number of hydrogen-bond acceptors (Lipinski definition) is 6. The van der Waals surface area contributed by atoms with Gasteiger partial charge < -0.3 is 4.42 Å². The third kappa shape index (κ3) is 4.01. The molecule has 0 spiro atoms. The van der Waals surface area contributed by atoms with Crippen molar-refractivity contribution in [2.24, 2.45) is 0 Å². The number of furan rings is 1. The van der Waals surface area contributed by atoms with Crippen molar-refractivity contribution in [2.75, 3.05) is 0 Å². The van der Waals surface area contributed by atoms with Crippen molar-refractivity contribution in [3.63, 3.8) is 0 Å². The second-order valence-electron chi connectivity index (χ2n) is 9.77. The summed E-state index contributed by atoms with van der Waals surface area (Å²) in [6, 6.07) is 38.1. The van der Waals surface area contributed by atoms with Gasteiger partial charge in [-0.2, -0.15) is 0 Å². The number of benzene rings is 4. The molecule has 41 heavy (non-hydrogen) atoms. The summed E-state index contributed by atoms with van der Waals surface area (Å²) in [5.74, 6) is 1.84. The zero-order valence-electron chi connectivity index (χ0n) is 21.8. The summed E-state index contributed by atoms with van der Waals surface area (Å²) in [4.78, 5) is 24.2. The van der Waals surface area contributed by atoms with Crippen LogP contribution in [0.15, 0.2) is 132 Å². The Morgan fingerprint density at radius 1 is 0.512 bits per heavy atom. The quantitative estimate of drug-likeness (QED) is 0.229. The molecule has 0 saturated heterocycles. The van der Waals surface area contributed by atoms with E-state index in [4.69, 9.17) is 24.4 Å². The lowest BCUT2D eigenvalue weighted by molar-refractivity contribution is 0.668. The molecule has 0 radical (unpaired) electrons. The molecule has 0 aliphatic rings. The molecule has 6 heteroatoms. The SMILES string of the molecule is c1ccc(-c2nc(-c3ccccc3)nc(-c3cccc4cc(-c5nccc6c5oc5ccccc56)ncc34)n2)cc1. The van der Waals surface area contributed by atoms with Crippen molar-refractivity contribution in [3.05, 3.63) is 128 Å². The molecule has 0 aliphatic carbocycles. The summed E-state index contributed by atoms with van der Waals surface area (Å²) in [5.41, 5.74) is 5.76. The van der Waals surface area contributed by atoms with Crippen LogP contribution in [0.1, 0.15) is 0 Å². The van der Waals surface area contributed by atoms with Crippen LogP contribution >= 0.6 is 0 Å². The molecule has 192 valence electrons. The molecule has 0 unspecified atom stereocenters. The minimum absolute atomic E-state index is 0.593. The predicted molar refractivity (Wildman–Crippen MR) is 162 cm³/mol. The van der Waals surface area contributed by atoms with Crippen LogP contribution in [0.25, 0.3) is 78.3 Å². The first-order valence-electron chi connectivity index (χ1n) is 13.3. The largest absolute Gasteiger partial charge is 0.454 e. The molecule has 0 atom stereocenters. The van der Waals surface area contributed by atoms with Crippen molar-refractivity contribution < 1.29 is 4.42 Å². The maximum absolute atomic E-state index is 6.22. The highest BCUT2D eigenvalue weighted by Crippen LogP contribution is 2.35. The van der Waals surface area contributed by atoms with Gasteiger partial charge in [-0.15, -0.1) is 0 Å². The van der Waals surface area contributed by atoms with Crippen molar-refractivity contribution in [1.82, 2.24) is 24.9 Å². The van der Waals surface area contributed by atoms with Gasteiger partial charge in [0, 0.05) is 45.2 Å². The number of pyridine rings is 2. The third-order valence-electron chi connectivity index (χ3n) is 7.24. The van der Waals surface area contributed by atoms with E-state index >= 15 is 0 Å². The van der Waals surface area contributed by atoms with Gasteiger partial charge in [-0.3, -0.25) is 9.97 Å². The van der Waals surface area contributed by atoms with Crippen molar-refractivity contribution in [3.8, 4) is 45.6 Å². The van der Waals surface area contributed by atoms with Crippen LogP contribution in [0.2, 0.25) is 0 Å². The molecule has 8 aromatic rings. The second kappa shape index (κ2) is 9.47. The van der Waals surface area contributed by atoms with Gasteiger partial charge in [0.2, 0.25) is 0 Å². The average molecular weight is 528 g/mol. The van der Waals surface area contributed by atoms with E-state index in [9.17, 15) is 0 Å². The molecule has 0 amide bonds. The van der Waals surface area contributed by atoms with Crippen molar-refractivity contribution >= 4 is 32.7 Å². The van der Waals surface area contributed by atoms with Gasteiger partial charge in [0.25, 0.3) is 0 Å². The fourth-order valence-corrected chi connectivity index (χ4v) is 5.26. The Morgan fingerprint density at radius 2 is 1.20 bits per heavy atom. The van der Waals surface area contributed by atoms with E-state index in [0.29, 0.717) is 23.2 Å².